The van der Waals surface area contributed by atoms with Crippen LogP contribution in [0.2, 0.25) is 0 Å². The molecule has 0 unspecified atom stereocenters. The first-order chi connectivity index (χ1) is 69.3. The number of benzene rings is 10. The fourth-order valence-electron chi connectivity index (χ4n) is 25.8. The van der Waals surface area contributed by atoms with Gasteiger partial charge in [0.15, 0.2) is 0 Å². The number of anilines is 15. The largest absolute Gasteiger partial charge is 0.308 e. The van der Waals surface area contributed by atoms with Crippen molar-refractivity contribution >= 4 is 85.6 Å². The summed E-state index contributed by atoms with van der Waals surface area (Å²) in [6, 6.07) is 95.7. The first-order valence-corrected chi connectivity index (χ1v) is 49.1. The molecule has 0 radical (unpaired) electrons. The second-order valence-corrected chi connectivity index (χ2v) is 39.6. The van der Waals surface area contributed by atoms with E-state index in [-0.39, 0.29) is 0 Å². The molecule has 10 aliphatic heterocycles. The van der Waals surface area contributed by atoms with Crippen LogP contribution >= 0.6 is 0 Å². The first kappa shape index (κ1) is 77.9. The smallest absolute Gasteiger partial charge is 0.141 e. The summed E-state index contributed by atoms with van der Waals surface area (Å²) < 4.78 is 0. The van der Waals surface area contributed by atoms with Gasteiger partial charge >= 0.3 is 0 Å². The molecule has 35 rings (SSSR count). The molecule has 0 N–H and O–H groups in total. The fourth-order valence-corrected chi connectivity index (χ4v) is 25.8. The van der Waals surface area contributed by atoms with E-state index in [0.29, 0.717) is 0 Å². The summed E-state index contributed by atoms with van der Waals surface area (Å²) in [5.74, 6) is 2.12. The average Bonchev–Trinajstić information content (AvgIpc) is 1.12. The predicted octanol–water partition coefficient (Wildman–Crippen LogP) is 26.6. The molecule has 20 aromatic rings. The highest BCUT2D eigenvalue weighted by atomic mass is 15.2. The molecule has 0 bridgehead atoms. The van der Waals surface area contributed by atoms with Gasteiger partial charge in [-0.25, -0.2) is 9.97 Å². The van der Waals surface area contributed by atoms with Gasteiger partial charge in [-0.2, -0.15) is 0 Å². The molecule has 0 amide bonds. The van der Waals surface area contributed by atoms with Crippen LogP contribution in [0, 0.1) is 0 Å². The summed E-state index contributed by atoms with van der Waals surface area (Å²) in [5, 5.41) is 0. The lowest BCUT2D eigenvalue weighted by Crippen LogP contribution is -2.26. The third kappa shape index (κ3) is 11.8. The van der Waals surface area contributed by atoms with E-state index in [1.807, 2.05) is 105 Å². The third-order valence-corrected chi connectivity index (χ3v) is 31.8. The van der Waals surface area contributed by atoms with Gasteiger partial charge in [-0.05, 0) is 325 Å². The lowest BCUT2D eigenvalue weighted by Gasteiger charge is -2.38. The molecular formula is C125H85N15. The number of hydrogen-bond donors (Lipinski definition) is 0. The minimum atomic E-state index is 0.805. The van der Waals surface area contributed by atoms with Crippen molar-refractivity contribution in [1.82, 2.24) is 49.8 Å². The predicted molar refractivity (Wildman–Crippen MR) is 553 cm³/mol. The van der Waals surface area contributed by atoms with Gasteiger partial charge < -0.3 is 14.7 Å². The summed E-state index contributed by atoms with van der Waals surface area (Å²) >= 11 is 0. The summed E-state index contributed by atoms with van der Waals surface area (Å²) in [6.07, 6.45) is 37.6. The zero-order chi connectivity index (χ0) is 91.2. The molecule has 0 saturated heterocycles. The van der Waals surface area contributed by atoms with Gasteiger partial charge in [0.1, 0.15) is 11.6 Å². The summed E-state index contributed by atoms with van der Waals surface area (Å²) in [6.45, 7) is 0. The van der Waals surface area contributed by atoms with Crippen LogP contribution in [-0.2, 0) is 96.3 Å². The Balaban J connectivity index is 0.0000000806. The number of rotatable bonds is 0. The number of aromatic nitrogens is 10. The molecule has 20 heterocycles. The van der Waals surface area contributed by atoms with E-state index in [1.54, 1.807) is 0 Å². The summed E-state index contributed by atoms with van der Waals surface area (Å²) in [5.41, 5.74) is 69.9. The van der Waals surface area contributed by atoms with E-state index >= 15 is 0 Å². The molecule has 5 aliphatic carbocycles. The Kier molecular flexibility index (Phi) is 16.8. The van der Waals surface area contributed by atoms with Crippen molar-refractivity contribution in [3.63, 3.8) is 0 Å². The Labute approximate surface area is 809 Å². The molecule has 15 nitrogen and oxygen atoms in total. The van der Waals surface area contributed by atoms with Crippen LogP contribution in [-0.4, -0.2) is 49.8 Å². The van der Waals surface area contributed by atoms with Crippen LogP contribution in [0.4, 0.5) is 85.6 Å². The van der Waals surface area contributed by atoms with Crippen LogP contribution in [0.15, 0.2) is 335 Å². The number of fused-ring (bicyclic) bond motifs is 35. The molecule has 0 spiro atoms. The third-order valence-electron chi connectivity index (χ3n) is 31.8. The topological polar surface area (TPSA) is 145 Å². The van der Waals surface area contributed by atoms with E-state index < -0.39 is 0 Å². The summed E-state index contributed by atoms with van der Waals surface area (Å²) in [4.78, 5) is 58.9. The van der Waals surface area contributed by atoms with E-state index in [9.17, 15) is 0 Å². The SMILES string of the molecule is c1ccc2c(c1)Cc1cc3c(cc1-2)Cc1cncc2c1N3c1ncccc1C2.c1ccc2c(c1)Cc1cc3c(cc1-2)Cc1nccc2c1N3c1ncccc1C2.c1ccc2c(c1)Cc1cc3c(cc1-2)N1c2cccnc2Cc2ccnc(c21)C3.c1ccc2c(c1)Cc1cc3c(cc1-2)N1c2cccnc2Cc2cncc(c21)C3.c1ccc2c(c1)Cc1cc3c(cc1-2)N1c2cccnc2Cc2nccc(c21)C3. The van der Waals surface area contributed by atoms with Crippen molar-refractivity contribution in [1.29, 1.82) is 0 Å². The number of hydrogen-bond acceptors (Lipinski definition) is 15. The van der Waals surface area contributed by atoms with E-state index in [4.69, 9.17) is 24.9 Å². The van der Waals surface area contributed by atoms with E-state index in [2.05, 4.69) is 280 Å². The zero-order valence-electron chi connectivity index (χ0n) is 76.6. The maximum Gasteiger partial charge on any atom is 0.141 e. The standard InChI is InChI=1S/5C25H17N3/c1-2-6-20-15(4-1)10-18-14-23-19(12-21(18)20)13-22-24-16(7-9-26-22)11-17-5-3-8-27-25(17)28(23)24;1-2-6-21-15(4-1)8-17-12-23-18(11-22(17)21)10-20-14-26-13-19-9-16-5-3-7-27-25(16)28(23)24(19)20;1-2-5-19-15(4-1)10-17-11-18-13-22-25-16(7-9-27-22)12-21-23(6-3-8-26-21)28(25)24(18)14-20(17)19;1-2-5-19-15(4-1)10-17-12-18-11-16-7-9-27-22-14-21-23(6-3-8-26-21)28(25(16)22)24(18)13-20(17)19;1-2-5-20-15(4-1)8-16-9-17-10-18-13-26-14-19-11-22-23(6-3-7-27-22)28(25(18)19)24(17)12-21(16)20/h1-9,12,14H,10-11,13H2;1-7,11-14H,8-10H2;1-9,11,14H,10,12-13H2;1-9,12-13H,10-11,14H2;1-7,9,12-14H,8,10-11H2. The van der Waals surface area contributed by atoms with Crippen molar-refractivity contribution in [2.24, 2.45) is 0 Å². The highest BCUT2D eigenvalue weighted by molar-refractivity contribution is 5.99. The molecular weight excluding hydrogens is 1710 g/mol. The van der Waals surface area contributed by atoms with Crippen LogP contribution in [0.3, 0.4) is 0 Å². The van der Waals surface area contributed by atoms with Gasteiger partial charge in [0, 0.05) is 144 Å². The molecule has 0 atom stereocenters. The second-order valence-electron chi connectivity index (χ2n) is 39.6. The maximum atomic E-state index is 4.78. The molecule has 10 aromatic heterocycles. The fraction of sp³-hybridized carbons (Fsp3) is 0.120. The minimum absolute atomic E-state index is 0.805. The highest BCUT2D eigenvalue weighted by Crippen LogP contribution is 2.60. The van der Waals surface area contributed by atoms with Gasteiger partial charge in [-0.1, -0.05) is 152 Å². The molecule has 15 aliphatic rings. The lowest BCUT2D eigenvalue weighted by molar-refractivity contribution is 0.926. The van der Waals surface area contributed by atoms with Gasteiger partial charge in [0.2, 0.25) is 0 Å². The Morgan fingerprint density at radius 2 is 0.400 bits per heavy atom. The quantitative estimate of drug-likeness (QED) is 0.142. The first-order valence-electron chi connectivity index (χ1n) is 49.1. The monoisotopic (exact) mass is 1800 g/mol. The van der Waals surface area contributed by atoms with Gasteiger partial charge in [-0.15, -0.1) is 0 Å². The minimum Gasteiger partial charge on any atom is -0.308 e. The van der Waals surface area contributed by atoms with Gasteiger partial charge in [0.25, 0.3) is 0 Å². The van der Waals surface area contributed by atoms with Gasteiger partial charge in [0.05, 0.1) is 108 Å². The van der Waals surface area contributed by atoms with Crippen molar-refractivity contribution in [2.45, 2.75) is 96.3 Å². The molecule has 140 heavy (non-hydrogen) atoms. The van der Waals surface area contributed by atoms with Gasteiger partial charge in [-0.3, -0.25) is 49.7 Å². The van der Waals surface area contributed by atoms with Crippen LogP contribution in [0.5, 0.6) is 0 Å². The van der Waals surface area contributed by atoms with Crippen molar-refractivity contribution < 1.29 is 0 Å². The van der Waals surface area contributed by atoms with Crippen molar-refractivity contribution in [3.05, 3.63) is 503 Å². The Bertz CT molecular complexity index is 8210. The van der Waals surface area contributed by atoms with Crippen LogP contribution in [0.25, 0.3) is 55.6 Å². The molecule has 660 valence electrons. The van der Waals surface area contributed by atoms with Crippen molar-refractivity contribution in [3.8, 4) is 55.6 Å². The average molecular weight is 1800 g/mol. The Morgan fingerprint density at radius 1 is 0.143 bits per heavy atom. The normalized spacial score (nSPS) is 14.6. The van der Waals surface area contributed by atoms with Crippen molar-refractivity contribution in [2.75, 3.05) is 24.5 Å². The maximum absolute atomic E-state index is 4.78. The molecule has 15 heteroatoms. The highest BCUT2D eigenvalue weighted by Gasteiger charge is 2.42. The van der Waals surface area contributed by atoms with E-state index in [1.165, 1.54) is 269 Å². The van der Waals surface area contributed by atoms with E-state index in [0.717, 1.165) is 136 Å². The molecule has 0 fully saturated rings. The van der Waals surface area contributed by atoms with Crippen LogP contribution in [0.1, 0.15) is 168 Å². The molecule has 0 saturated carbocycles. The Hall–Kier alpha value is -17.3. The number of nitrogens with zero attached hydrogens (tertiary/aromatic N) is 15. The molecule has 10 aromatic carbocycles. The summed E-state index contributed by atoms with van der Waals surface area (Å²) in [7, 11) is 0. The lowest BCUT2D eigenvalue weighted by atomic mass is 9.88. The second kappa shape index (κ2) is 30.1. The number of pyridine rings is 10. The zero-order valence-corrected chi connectivity index (χ0v) is 76.6. The Morgan fingerprint density at radius 3 is 0.836 bits per heavy atom. The van der Waals surface area contributed by atoms with Crippen LogP contribution < -0.4 is 24.5 Å².